The van der Waals surface area contributed by atoms with Crippen molar-refractivity contribution < 1.29 is 4.79 Å². The molecule has 86 valence electrons. The topological polar surface area (TPSA) is 43.1 Å². The lowest BCUT2D eigenvalue weighted by molar-refractivity contribution is -0.119. The van der Waals surface area contributed by atoms with Crippen molar-refractivity contribution in [2.24, 2.45) is 5.73 Å². The van der Waals surface area contributed by atoms with E-state index in [1.807, 2.05) is 36.4 Å². The SMILES string of the molecule is CCCC=CCC(C(N)=O)c1ccccc1. The van der Waals surface area contributed by atoms with Crippen LogP contribution in [0.4, 0.5) is 0 Å². The number of nitrogens with two attached hydrogens (primary N) is 1. The van der Waals surface area contributed by atoms with Gasteiger partial charge in [0.15, 0.2) is 0 Å². The number of hydrogen-bond acceptors (Lipinski definition) is 1. The first kappa shape index (κ1) is 12.5. The van der Waals surface area contributed by atoms with Crippen LogP contribution in [0.25, 0.3) is 0 Å². The summed E-state index contributed by atoms with van der Waals surface area (Å²) in [5, 5.41) is 0. The number of rotatable bonds is 6. The maximum atomic E-state index is 11.4. The molecule has 0 radical (unpaired) electrons. The molecule has 1 unspecified atom stereocenters. The maximum absolute atomic E-state index is 11.4. The van der Waals surface area contributed by atoms with Gasteiger partial charge in [-0.05, 0) is 18.4 Å². The van der Waals surface area contributed by atoms with Crippen LogP contribution in [0, 0.1) is 0 Å². The smallest absolute Gasteiger partial charge is 0.225 e. The molecule has 0 fully saturated rings. The molecule has 2 N–H and O–H groups in total. The van der Waals surface area contributed by atoms with Gasteiger partial charge in [-0.25, -0.2) is 0 Å². The first-order valence-corrected chi connectivity index (χ1v) is 5.75. The molecule has 2 heteroatoms. The highest BCUT2D eigenvalue weighted by Gasteiger charge is 2.15. The van der Waals surface area contributed by atoms with E-state index < -0.39 is 0 Å². The van der Waals surface area contributed by atoms with E-state index in [-0.39, 0.29) is 11.8 Å². The second-order valence-corrected chi connectivity index (χ2v) is 3.86. The fraction of sp³-hybridized carbons (Fsp3) is 0.357. The van der Waals surface area contributed by atoms with Gasteiger partial charge in [-0.2, -0.15) is 0 Å². The van der Waals surface area contributed by atoms with Crippen molar-refractivity contribution in [3.8, 4) is 0 Å². The summed E-state index contributed by atoms with van der Waals surface area (Å²) in [4.78, 5) is 11.4. The molecule has 0 aliphatic rings. The maximum Gasteiger partial charge on any atom is 0.225 e. The summed E-state index contributed by atoms with van der Waals surface area (Å²) in [5.41, 5.74) is 6.41. The molecule has 1 amide bonds. The fourth-order valence-corrected chi connectivity index (χ4v) is 1.62. The van der Waals surface area contributed by atoms with Crippen molar-refractivity contribution in [1.29, 1.82) is 0 Å². The second kappa shape index (κ2) is 6.83. The van der Waals surface area contributed by atoms with E-state index >= 15 is 0 Å². The Kier molecular flexibility index (Phi) is 5.34. The predicted octanol–water partition coefficient (Wildman–Crippen LogP) is 3.00. The van der Waals surface area contributed by atoms with Crippen LogP contribution in [0.5, 0.6) is 0 Å². The third kappa shape index (κ3) is 3.89. The predicted molar refractivity (Wildman–Crippen MR) is 67.0 cm³/mol. The molecule has 0 aromatic heterocycles. The number of hydrogen-bond donors (Lipinski definition) is 1. The molecule has 0 saturated carbocycles. The van der Waals surface area contributed by atoms with Crippen LogP contribution in [-0.2, 0) is 4.79 Å². The average Bonchev–Trinajstić information content (AvgIpc) is 2.30. The van der Waals surface area contributed by atoms with Gasteiger partial charge in [-0.3, -0.25) is 4.79 Å². The van der Waals surface area contributed by atoms with E-state index in [0.29, 0.717) is 6.42 Å². The molecule has 1 aromatic carbocycles. The molecule has 1 atom stereocenters. The molecule has 1 rings (SSSR count). The summed E-state index contributed by atoms with van der Waals surface area (Å²) in [5.74, 6) is -0.457. The summed E-state index contributed by atoms with van der Waals surface area (Å²) in [6.45, 7) is 2.13. The average molecular weight is 217 g/mol. The van der Waals surface area contributed by atoms with Crippen molar-refractivity contribution in [2.75, 3.05) is 0 Å². The van der Waals surface area contributed by atoms with Crippen molar-refractivity contribution in [3.63, 3.8) is 0 Å². The van der Waals surface area contributed by atoms with Crippen molar-refractivity contribution >= 4 is 5.91 Å². The number of amides is 1. The van der Waals surface area contributed by atoms with Crippen molar-refractivity contribution in [2.45, 2.75) is 32.1 Å². The lowest BCUT2D eigenvalue weighted by Crippen LogP contribution is -2.20. The molecule has 1 aromatic rings. The van der Waals surface area contributed by atoms with Gasteiger partial charge in [-0.15, -0.1) is 0 Å². The van der Waals surface area contributed by atoms with Crippen LogP contribution in [0.2, 0.25) is 0 Å². The van der Waals surface area contributed by atoms with Gasteiger partial charge in [0.25, 0.3) is 0 Å². The summed E-state index contributed by atoms with van der Waals surface area (Å²) in [7, 11) is 0. The molecule has 0 spiro atoms. The van der Waals surface area contributed by atoms with Crippen LogP contribution in [0.1, 0.15) is 37.7 Å². The van der Waals surface area contributed by atoms with Gasteiger partial charge in [-0.1, -0.05) is 55.8 Å². The minimum absolute atomic E-state index is 0.200. The molecule has 0 bridgehead atoms. The third-order valence-electron chi connectivity index (χ3n) is 2.54. The molecule has 0 heterocycles. The third-order valence-corrected chi connectivity index (χ3v) is 2.54. The van der Waals surface area contributed by atoms with Gasteiger partial charge in [0.2, 0.25) is 5.91 Å². The van der Waals surface area contributed by atoms with E-state index in [4.69, 9.17) is 5.73 Å². The Morgan fingerprint density at radius 1 is 1.31 bits per heavy atom. The first-order chi connectivity index (χ1) is 7.75. The molecule has 0 aliphatic carbocycles. The van der Waals surface area contributed by atoms with E-state index in [1.165, 1.54) is 0 Å². The summed E-state index contributed by atoms with van der Waals surface area (Å²) >= 11 is 0. The Balaban J connectivity index is 2.66. The summed E-state index contributed by atoms with van der Waals surface area (Å²) in [6, 6.07) is 9.70. The van der Waals surface area contributed by atoms with E-state index in [2.05, 4.69) is 13.0 Å². The standard InChI is InChI=1S/C14H19NO/c1-2-3-4-8-11-13(14(15)16)12-9-6-5-7-10-12/h4-10,13H,2-3,11H2,1H3,(H2,15,16). The van der Waals surface area contributed by atoms with E-state index in [0.717, 1.165) is 18.4 Å². The van der Waals surface area contributed by atoms with E-state index in [9.17, 15) is 4.79 Å². The second-order valence-electron chi connectivity index (χ2n) is 3.86. The van der Waals surface area contributed by atoms with Crippen molar-refractivity contribution in [3.05, 3.63) is 48.0 Å². The molecule has 16 heavy (non-hydrogen) atoms. The number of primary amides is 1. The van der Waals surface area contributed by atoms with Crippen LogP contribution >= 0.6 is 0 Å². The molecule has 2 nitrogen and oxygen atoms in total. The van der Waals surface area contributed by atoms with E-state index in [1.54, 1.807) is 0 Å². The zero-order valence-corrected chi connectivity index (χ0v) is 9.73. The van der Waals surface area contributed by atoms with Gasteiger partial charge in [0.05, 0.1) is 5.92 Å². The van der Waals surface area contributed by atoms with Gasteiger partial charge in [0, 0.05) is 0 Å². The van der Waals surface area contributed by atoms with Crippen LogP contribution in [-0.4, -0.2) is 5.91 Å². The number of allylic oxidation sites excluding steroid dienone is 2. The number of unbranched alkanes of at least 4 members (excludes halogenated alkanes) is 1. The zero-order valence-electron chi connectivity index (χ0n) is 9.73. The van der Waals surface area contributed by atoms with Gasteiger partial charge < -0.3 is 5.73 Å². The van der Waals surface area contributed by atoms with Gasteiger partial charge >= 0.3 is 0 Å². The number of benzene rings is 1. The van der Waals surface area contributed by atoms with Crippen molar-refractivity contribution in [1.82, 2.24) is 0 Å². The monoisotopic (exact) mass is 217 g/mol. The quantitative estimate of drug-likeness (QED) is 0.731. The first-order valence-electron chi connectivity index (χ1n) is 5.75. The van der Waals surface area contributed by atoms with Crippen LogP contribution in [0.15, 0.2) is 42.5 Å². The van der Waals surface area contributed by atoms with Gasteiger partial charge in [0.1, 0.15) is 0 Å². The summed E-state index contributed by atoms with van der Waals surface area (Å²) in [6.07, 6.45) is 7.04. The van der Waals surface area contributed by atoms with Crippen LogP contribution in [0.3, 0.4) is 0 Å². The Hall–Kier alpha value is -1.57. The largest absolute Gasteiger partial charge is 0.369 e. The summed E-state index contributed by atoms with van der Waals surface area (Å²) < 4.78 is 0. The fourth-order valence-electron chi connectivity index (χ4n) is 1.62. The minimum atomic E-state index is -0.257. The Morgan fingerprint density at radius 2 is 2.00 bits per heavy atom. The minimum Gasteiger partial charge on any atom is -0.369 e. The lowest BCUT2D eigenvalue weighted by Gasteiger charge is -2.10. The van der Waals surface area contributed by atoms with Crippen LogP contribution < -0.4 is 5.73 Å². The molecule has 0 aliphatic heterocycles. The lowest BCUT2D eigenvalue weighted by atomic mass is 9.95. The Bertz CT molecular complexity index is 343. The zero-order chi connectivity index (χ0) is 11.8. The Labute approximate surface area is 97.2 Å². The normalized spacial score (nSPS) is 12.8. The highest BCUT2D eigenvalue weighted by molar-refractivity contribution is 5.82. The Morgan fingerprint density at radius 3 is 2.56 bits per heavy atom. The molecular weight excluding hydrogens is 198 g/mol. The highest BCUT2D eigenvalue weighted by Crippen LogP contribution is 2.19. The molecule has 0 saturated heterocycles. The number of carbonyl (C=O) groups is 1. The number of carbonyl (C=O) groups excluding carboxylic acids is 1. The molecular formula is C14H19NO. The highest BCUT2D eigenvalue weighted by atomic mass is 16.1.